The maximum atomic E-state index is 4.20. The molecule has 0 fully saturated rings. The molecule has 0 nitrogen and oxygen atoms in total. The summed E-state index contributed by atoms with van der Waals surface area (Å²) in [5.41, 5.74) is 0. The van der Waals surface area contributed by atoms with Crippen LogP contribution in [-0.4, -0.2) is 9.83 Å². The second kappa shape index (κ2) is 3.67. The van der Waals surface area contributed by atoms with E-state index in [-0.39, 0.29) is 0 Å². The van der Waals surface area contributed by atoms with Gasteiger partial charge >= 0.3 is 0 Å². The van der Waals surface area contributed by atoms with Gasteiger partial charge in [0, 0.05) is 9.83 Å². The van der Waals surface area contributed by atoms with Crippen molar-refractivity contribution < 1.29 is 0 Å². The molecule has 0 N–H and O–H groups in total. The molecule has 0 spiro atoms. The van der Waals surface area contributed by atoms with Crippen LogP contribution in [0.2, 0.25) is 0 Å². The Balaban J connectivity index is 2.95. The van der Waals surface area contributed by atoms with Crippen LogP contribution in [0.25, 0.3) is 0 Å². The van der Waals surface area contributed by atoms with Crippen molar-refractivity contribution in [1.82, 2.24) is 0 Å². The molecule has 0 aromatic heterocycles. The minimum absolute atomic E-state index is 0.486. The van der Waals surface area contributed by atoms with Crippen molar-refractivity contribution in [3.8, 4) is 0 Å². The molecule has 0 aromatic carbocycles. The van der Waals surface area contributed by atoms with E-state index in [1.165, 1.54) is 0 Å². The first kappa shape index (κ1) is 7.70. The van der Waals surface area contributed by atoms with Gasteiger partial charge in [-0.3, -0.25) is 0 Å². The fourth-order valence-electron chi connectivity index (χ4n) is 0.394. The second-order valence-electron chi connectivity index (χ2n) is 1.78. The van der Waals surface area contributed by atoms with Gasteiger partial charge in [0.05, 0.1) is 0 Å². The van der Waals surface area contributed by atoms with Crippen molar-refractivity contribution in [2.45, 2.75) is 30.6 Å². The van der Waals surface area contributed by atoms with Gasteiger partial charge in [0.25, 0.3) is 0 Å². The van der Waals surface area contributed by atoms with Crippen molar-refractivity contribution in [3.63, 3.8) is 0 Å². The number of rotatable bonds is 2. The van der Waals surface area contributed by atoms with E-state index in [0.29, 0.717) is 9.83 Å². The topological polar surface area (TPSA) is 0 Å². The lowest BCUT2D eigenvalue weighted by Crippen LogP contribution is -1.91. The highest BCUT2D eigenvalue weighted by molar-refractivity contribution is 8.10. The summed E-state index contributed by atoms with van der Waals surface area (Å²) in [6.45, 7) is 6.45. The Morgan fingerprint density at radius 3 is 1.71 bits per heavy atom. The lowest BCUT2D eigenvalue weighted by molar-refractivity contribution is 1.11. The zero-order chi connectivity index (χ0) is 5.86. The minimum Gasteiger partial charge on any atom is -0.165 e. The fourth-order valence-corrected chi connectivity index (χ4v) is 1.91. The Labute approximate surface area is 55.5 Å². The quantitative estimate of drug-likeness (QED) is 0.449. The van der Waals surface area contributed by atoms with Gasteiger partial charge in [0.2, 0.25) is 0 Å². The highest BCUT2D eigenvalue weighted by atomic mass is 32.2. The Morgan fingerprint density at radius 1 is 1.29 bits per heavy atom. The maximum Gasteiger partial charge on any atom is 0.0446 e. The molecule has 1 unspecified atom stereocenters. The van der Waals surface area contributed by atoms with Crippen LogP contribution in [0.5, 0.6) is 0 Å². The number of hydrogen-bond acceptors (Lipinski definition) is 2. The predicted octanol–water partition coefficient (Wildman–Crippen LogP) is 2.40. The summed E-state index contributed by atoms with van der Waals surface area (Å²) in [5.74, 6) is 0. The van der Waals surface area contributed by atoms with Gasteiger partial charge in [-0.05, 0) is 6.92 Å². The van der Waals surface area contributed by atoms with Gasteiger partial charge in [0.1, 0.15) is 0 Å². The molecule has 1 atom stereocenters. The molecule has 2 heteroatoms. The van der Waals surface area contributed by atoms with Crippen LogP contribution < -0.4 is 0 Å². The first-order valence-electron chi connectivity index (χ1n) is 2.46. The summed E-state index contributed by atoms with van der Waals surface area (Å²) in [5, 5.41) is 0.715. The van der Waals surface area contributed by atoms with E-state index in [1.807, 2.05) is 11.8 Å². The Hall–Kier alpha value is 0.700. The second-order valence-corrected chi connectivity index (χ2v) is 4.83. The van der Waals surface area contributed by atoms with E-state index in [1.54, 1.807) is 0 Å². The van der Waals surface area contributed by atoms with Crippen LogP contribution in [-0.2, 0) is 0 Å². The van der Waals surface area contributed by atoms with E-state index in [4.69, 9.17) is 0 Å². The molecule has 0 aliphatic heterocycles. The van der Waals surface area contributed by atoms with E-state index in [2.05, 4.69) is 33.4 Å². The van der Waals surface area contributed by atoms with Gasteiger partial charge in [-0.15, -0.1) is 11.8 Å². The fraction of sp³-hybridized carbons (Fsp3) is 1.00. The van der Waals surface area contributed by atoms with E-state index in [9.17, 15) is 0 Å². The van der Waals surface area contributed by atoms with Gasteiger partial charge < -0.3 is 0 Å². The molecule has 0 radical (unpaired) electrons. The monoisotopic (exact) mass is 136 g/mol. The Bertz CT molecular complexity index is 35.3. The molecule has 0 saturated heterocycles. The van der Waals surface area contributed by atoms with Crippen LogP contribution in [0.15, 0.2) is 0 Å². The lowest BCUT2D eigenvalue weighted by atomic mass is 10.6. The van der Waals surface area contributed by atoms with Crippen molar-refractivity contribution in [1.29, 1.82) is 0 Å². The van der Waals surface area contributed by atoms with Crippen molar-refractivity contribution in [3.05, 3.63) is 0 Å². The summed E-state index contributed by atoms with van der Waals surface area (Å²) in [7, 11) is 0. The minimum atomic E-state index is 0.486. The highest BCUT2D eigenvalue weighted by Crippen LogP contribution is 2.18. The van der Waals surface area contributed by atoms with Crippen LogP contribution in [0.3, 0.4) is 0 Å². The Kier molecular flexibility index (Phi) is 4.04. The summed E-state index contributed by atoms with van der Waals surface area (Å²) < 4.78 is 0.486. The number of hydrogen-bond donors (Lipinski definition) is 1. The summed E-state index contributed by atoms with van der Waals surface area (Å²) in [6, 6.07) is 0. The van der Waals surface area contributed by atoms with Crippen LogP contribution in [0.1, 0.15) is 20.8 Å². The zero-order valence-electron chi connectivity index (χ0n) is 5.01. The number of thiol groups is 1. The smallest absolute Gasteiger partial charge is 0.0446 e. The SMILES string of the molecule is CC(C)SC(C)S. The normalized spacial score (nSPS) is 15.0. The molecular formula is C5H12S2. The third-order valence-corrected chi connectivity index (χ3v) is 1.77. The van der Waals surface area contributed by atoms with Crippen LogP contribution in [0.4, 0.5) is 0 Å². The van der Waals surface area contributed by atoms with Gasteiger partial charge in [0.15, 0.2) is 0 Å². The van der Waals surface area contributed by atoms with Gasteiger partial charge in [-0.25, -0.2) is 0 Å². The predicted molar refractivity (Wildman–Crippen MR) is 41.2 cm³/mol. The Morgan fingerprint density at radius 2 is 1.71 bits per heavy atom. The molecule has 0 heterocycles. The molecule has 0 aromatic rings. The molecule has 0 rings (SSSR count). The third-order valence-electron chi connectivity index (χ3n) is 0.469. The number of thioether (sulfide) groups is 1. The lowest BCUT2D eigenvalue weighted by Gasteiger charge is -2.05. The summed E-state index contributed by atoms with van der Waals surface area (Å²) >= 11 is 6.07. The van der Waals surface area contributed by atoms with Crippen molar-refractivity contribution in [2.24, 2.45) is 0 Å². The molecule has 0 saturated carbocycles. The standard InChI is InChI=1S/C5H12S2/c1-4(2)7-5(3)6/h4-6H,1-3H3. The van der Waals surface area contributed by atoms with E-state index < -0.39 is 0 Å². The van der Waals surface area contributed by atoms with Crippen LogP contribution in [0, 0.1) is 0 Å². The molecule has 0 bridgehead atoms. The van der Waals surface area contributed by atoms with Crippen LogP contribution >= 0.6 is 24.4 Å². The first-order chi connectivity index (χ1) is 3.13. The van der Waals surface area contributed by atoms with E-state index in [0.717, 1.165) is 0 Å². The maximum absolute atomic E-state index is 4.20. The highest BCUT2D eigenvalue weighted by Gasteiger charge is 1.96. The summed E-state index contributed by atoms with van der Waals surface area (Å²) in [4.78, 5) is 0. The summed E-state index contributed by atoms with van der Waals surface area (Å²) in [6.07, 6.45) is 0. The molecular weight excluding hydrogens is 124 g/mol. The van der Waals surface area contributed by atoms with Gasteiger partial charge in [-0.2, -0.15) is 12.6 Å². The van der Waals surface area contributed by atoms with Crippen molar-refractivity contribution >= 4 is 24.4 Å². The molecule has 0 aliphatic rings. The van der Waals surface area contributed by atoms with E-state index >= 15 is 0 Å². The van der Waals surface area contributed by atoms with Crippen molar-refractivity contribution in [2.75, 3.05) is 0 Å². The largest absolute Gasteiger partial charge is 0.165 e. The molecule has 0 aliphatic carbocycles. The first-order valence-corrected chi connectivity index (χ1v) is 3.92. The molecule has 7 heavy (non-hydrogen) atoms. The molecule has 44 valence electrons. The average Bonchev–Trinajstić information content (AvgIpc) is 1.27. The van der Waals surface area contributed by atoms with Gasteiger partial charge in [-0.1, -0.05) is 13.8 Å². The molecule has 0 amide bonds. The average molecular weight is 136 g/mol. The third kappa shape index (κ3) is 6.70. The zero-order valence-corrected chi connectivity index (χ0v) is 6.72.